The molecule has 0 atom stereocenters. The minimum atomic E-state index is -0.620. The van der Waals surface area contributed by atoms with E-state index in [-0.39, 0.29) is 0 Å². The van der Waals surface area contributed by atoms with Gasteiger partial charge in [0.1, 0.15) is 21.3 Å². The fraction of sp³-hybridized carbons (Fsp3) is 0. The molecule has 0 aliphatic rings. The lowest BCUT2D eigenvalue weighted by Crippen LogP contribution is -2.17. The van der Waals surface area contributed by atoms with Crippen molar-refractivity contribution in [3.8, 4) is 0 Å². The zero-order chi connectivity index (χ0) is 13.6. The number of nitrogens with one attached hydrogen (secondary N) is 1. The number of rotatable bonds is 4. The molecule has 1 heterocycles. The molecule has 0 saturated carbocycles. The zero-order valence-corrected chi connectivity index (χ0v) is 12.4. The Balaban J connectivity index is 1.98. The SMILES string of the molecule is C([SiH2]c1nc[nH]n1)=C(c1ccccc1)c1ccccc1. The molecular weight excluding hydrogens is 262 g/mol. The van der Waals surface area contributed by atoms with Crippen LogP contribution in [0.5, 0.6) is 0 Å². The van der Waals surface area contributed by atoms with Crippen LogP contribution in [-0.2, 0) is 0 Å². The number of aromatic nitrogens is 3. The van der Waals surface area contributed by atoms with Gasteiger partial charge < -0.3 is 0 Å². The van der Waals surface area contributed by atoms with Gasteiger partial charge in [0.15, 0.2) is 0 Å². The van der Waals surface area contributed by atoms with E-state index in [0.29, 0.717) is 0 Å². The van der Waals surface area contributed by atoms with E-state index in [1.807, 2.05) is 12.1 Å². The maximum atomic E-state index is 4.23. The van der Waals surface area contributed by atoms with Gasteiger partial charge in [-0.15, -0.1) is 0 Å². The minimum Gasteiger partial charge on any atom is -0.266 e. The van der Waals surface area contributed by atoms with E-state index in [1.165, 1.54) is 16.7 Å². The molecule has 1 N–H and O–H groups in total. The Bertz CT molecular complexity index is 635. The van der Waals surface area contributed by atoms with Gasteiger partial charge in [-0.3, -0.25) is 5.10 Å². The molecule has 98 valence electrons. The molecule has 0 aliphatic heterocycles. The Morgan fingerprint density at radius 2 is 1.50 bits per heavy atom. The molecule has 1 aromatic heterocycles. The van der Waals surface area contributed by atoms with Gasteiger partial charge in [-0.1, -0.05) is 66.4 Å². The first-order chi connectivity index (χ1) is 9.93. The minimum absolute atomic E-state index is 0.620. The summed E-state index contributed by atoms with van der Waals surface area (Å²) in [6.45, 7) is 0. The van der Waals surface area contributed by atoms with Crippen molar-refractivity contribution >= 4 is 20.5 Å². The second-order valence-corrected chi connectivity index (χ2v) is 5.92. The molecule has 4 heteroatoms. The van der Waals surface area contributed by atoms with Gasteiger partial charge in [-0.2, -0.15) is 5.10 Å². The summed E-state index contributed by atoms with van der Waals surface area (Å²) in [5.41, 5.74) is 6.99. The summed E-state index contributed by atoms with van der Waals surface area (Å²) in [6, 6.07) is 20.9. The predicted molar refractivity (Wildman–Crippen MR) is 84.5 cm³/mol. The van der Waals surface area contributed by atoms with E-state index in [2.05, 4.69) is 69.4 Å². The molecule has 3 nitrogen and oxygen atoms in total. The monoisotopic (exact) mass is 277 g/mol. The van der Waals surface area contributed by atoms with Crippen LogP contribution in [0.25, 0.3) is 5.57 Å². The van der Waals surface area contributed by atoms with Gasteiger partial charge in [-0.25, -0.2) is 4.98 Å². The first-order valence-electron chi connectivity index (χ1n) is 6.59. The molecule has 0 saturated heterocycles. The predicted octanol–water partition coefficient (Wildman–Crippen LogP) is 1.69. The third-order valence-corrected chi connectivity index (χ3v) is 4.44. The van der Waals surface area contributed by atoms with Crippen LogP contribution in [-0.4, -0.2) is 24.7 Å². The normalized spacial score (nSPS) is 10.8. The first-order valence-corrected chi connectivity index (χ1v) is 8.11. The summed E-state index contributed by atoms with van der Waals surface area (Å²) >= 11 is 0. The topological polar surface area (TPSA) is 41.6 Å². The Morgan fingerprint density at radius 3 is 2.00 bits per heavy atom. The van der Waals surface area contributed by atoms with E-state index in [4.69, 9.17) is 0 Å². The molecule has 0 fully saturated rings. The molecule has 2 aromatic carbocycles. The van der Waals surface area contributed by atoms with Gasteiger partial charge in [0.2, 0.25) is 0 Å². The Kier molecular flexibility index (Phi) is 3.85. The van der Waals surface area contributed by atoms with Crippen molar-refractivity contribution < 1.29 is 0 Å². The van der Waals surface area contributed by atoms with Crippen molar-refractivity contribution in [1.82, 2.24) is 15.2 Å². The van der Waals surface area contributed by atoms with Crippen molar-refractivity contribution in [2.24, 2.45) is 0 Å². The maximum absolute atomic E-state index is 4.23. The summed E-state index contributed by atoms with van der Waals surface area (Å²) in [7, 11) is -0.620. The lowest BCUT2D eigenvalue weighted by atomic mass is 10.00. The Labute approximate surface area is 120 Å². The van der Waals surface area contributed by atoms with Crippen LogP contribution < -0.4 is 5.45 Å². The molecule has 0 bridgehead atoms. The van der Waals surface area contributed by atoms with Gasteiger partial charge in [-0.05, 0) is 16.7 Å². The van der Waals surface area contributed by atoms with Gasteiger partial charge in [0.25, 0.3) is 0 Å². The van der Waals surface area contributed by atoms with Gasteiger partial charge >= 0.3 is 0 Å². The van der Waals surface area contributed by atoms with Crippen molar-refractivity contribution in [3.05, 3.63) is 83.8 Å². The van der Waals surface area contributed by atoms with E-state index in [0.717, 1.165) is 5.45 Å². The van der Waals surface area contributed by atoms with E-state index in [9.17, 15) is 0 Å². The number of benzene rings is 2. The molecule has 0 aliphatic carbocycles. The highest BCUT2D eigenvalue weighted by atomic mass is 28.2. The highest BCUT2D eigenvalue weighted by Crippen LogP contribution is 2.22. The van der Waals surface area contributed by atoms with Crippen molar-refractivity contribution in [1.29, 1.82) is 0 Å². The maximum Gasteiger partial charge on any atom is 0.129 e. The second kappa shape index (κ2) is 6.12. The number of hydrogen-bond acceptors (Lipinski definition) is 2. The first kappa shape index (κ1) is 12.6. The Morgan fingerprint density at radius 1 is 0.900 bits per heavy atom. The average Bonchev–Trinajstić information content (AvgIpc) is 3.03. The third-order valence-electron chi connectivity index (χ3n) is 3.12. The largest absolute Gasteiger partial charge is 0.266 e. The summed E-state index contributed by atoms with van der Waals surface area (Å²) in [6.07, 6.45) is 1.64. The highest BCUT2D eigenvalue weighted by Gasteiger charge is 2.05. The van der Waals surface area contributed by atoms with Crippen LogP contribution in [0, 0.1) is 0 Å². The third kappa shape index (κ3) is 2.92. The summed E-state index contributed by atoms with van der Waals surface area (Å²) in [4.78, 5) is 4.23. The number of hydrogen-bond donors (Lipinski definition) is 1. The summed E-state index contributed by atoms with van der Waals surface area (Å²) in [5.74, 6) is 0. The van der Waals surface area contributed by atoms with E-state index >= 15 is 0 Å². The molecule has 0 radical (unpaired) electrons. The number of aromatic amines is 1. The van der Waals surface area contributed by atoms with Crippen molar-refractivity contribution in [2.75, 3.05) is 0 Å². The quantitative estimate of drug-likeness (QED) is 0.737. The van der Waals surface area contributed by atoms with Crippen LogP contribution in [0.3, 0.4) is 0 Å². The van der Waals surface area contributed by atoms with Crippen LogP contribution >= 0.6 is 0 Å². The summed E-state index contributed by atoms with van der Waals surface area (Å²) < 4.78 is 0. The lowest BCUT2D eigenvalue weighted by Gasteiger charge is -2.08. The zero-order valence-electron chi connectivity index (χ0n) is 11.0. The fourth-order valence-corrected chi connectivity index (χ4v) is 3.40. The standard InChI is InChI=1S/C16H15N3Si/c1-3-7-13(8-4-1)15(14-9-5-2-6-10-14)11-20-16-17-12-18-19-16/h1-12H,20H2,(H,17,18,19). The van der Waals surface area contributed by atoms with Gasteiger partial charge in [0, 0.05) is 0 Å². The molecule has 0 unspecified atom stereocenters. The molecule has 0 spiro atoms. The van der Waals surface area contributed by atoms with Crippen LogP contribution in [0.4, 0.5) is 0 Å². The fourth-order valence-electron chi connectivity index (χ4n) is 2.17. The van der Waals surface area contributed by atoms with Crippen LogP contribution in [0.2, 0.25) is 0 Å². The summed E-state index contributed by atoms with van der Waals surface area (Å²) in [5, 5.41) is 6.93. The number of nitrogens with zero attached hydrogens (tertiary/aromatic N) is 2. The molecular formula is C16H15N3Si. The molecule has 0 amide bonds. The molecule has 3 aromatic rings. The highest BCUT2D eigenvalue weighted by molar-refractivity contribution is 6.57. The smallest absolute Gasteiger partial charge is 0.129 e. The average molecular weight is 277 g/mol. The lowest BCUT2D eigenvalue weighted by molar-refractivity contribution is 1.11. The van der Waals surface area contributed by atoms with Crippen LogP contribution in [0.1, 0.15) is 11.1 Å². The second-order valence-electron chi connectivity index (χ2n) is 4.47. The van der Waals surface area contributed by atoms with Crippen molar-refractivity contribution in [2.45, 2.75) is 0 Å². The van der Waals surface area contributed by atoms with Gasteiger partial charge in [0.05, 0.1) is 0 Å². The Hall–Kier alpha value is -2.46. The van der Waals surface area contributed by atoms with E-state index < -0.39 is 9.52 Å². The van der Waals surface area contributed by atoms with Crippen LogP contribution in [0.15, 0.2) is 72.7 Å². The number of H-pyrrole nitrogens is 1. The molecule has 20 heavy (non-hydrogen) atoms. The molecule has 3 rings (SSSR count). The van der Waals surface area contributed by atoms with Crippen molar-refractivity contribution in [3.63, 3.8) is 0 Å². The van der Waals surface area contributed by atoms with E-state index in [1.54, 1.807) is 6.33 Å².